The van der Waals surface area contributed by atoms with Crippen LogP contribution in [-0.4, -0.2) is 56.9 Å². The molecular weight excluding hydrogens is 608 g/mol. The average molecular weight is 641 g/mol. The number of nitrogens with two attached hydrogens (primary N) is 2. The number of anilines is 2. The standard InChI is InChI=1S/C34H32N4O9/c1-3-19(39)47-32-20-13(2)15-11-12-18(38-34(46)37-17-10-6-8-14-7-4-5-9-16(14)17)27(40)21(15)28(41)23(20)29(42)24-22(32)26(35)31(44)25(30(24)43)33(36)45/h4-13,20,22,24,26,32,40,42,44H,3,35H2,1-2H3,(H2,36,45)(H2,37,38,46)/t13-,20?,22?,24?,26-,32-/m0/s1. The lowest BCUT2D eigenvalue weighted by atomic mass is 9.57. The van der Waals surface area contributed by atoms with Gasteiger partial charge in [0.1, 0.15) is 23.2 Å². The van der Waals surface area contributed by atoms with E-state index >= 15 is 0 Å². The van der Waals surface area contributed by atoms with Crippen LogP contribution in [0.5, 0.6) is 5.75 Å². The summed E-state index contributed by atoms with van der Waals surface area (Å²) < 4.78 is 5.77. The number of primary amides is 1. The number of ketones is 2. The van der Waals surface area contributed by atoms with Gasteiger partial charge in [-0.1, -0.05) is 56.3 Å². The van der Waals surface area contributed by atoms with E-state index in [0.29, 0.717) is 11.3 Å². The predicted octanol–water partition coefficient (Wildman–Crippen LogP) is 3.69. The fourth-order valence-electron chi connectivity index (χ4n) is 7.16. The number of fused-ring (bicyclic) bond motifs is 4. The van der Waals surface area contributed by atoms with Crippen molar-refractivity contribution in [1.29, 1.82) is 0 Å². The fourth-order valence-corrected chi connectivity index (χ4v) is 7.16. The van der Waals surface area contributed by atoms with Crippen LogP contribution in [0.4, 0.5) is 16.2 Å². The summed E-state index contributed by atoms with van der Waals surface area (Å²) >= 11 is 0. The Balaban J connectivity index is 1.42. The number of nitrogens with one attached hydrogen (secondary N) is 2. The summed E-state index contributed by atoms with van der Waals surface area (Å²) in [7, 11) is 0. The van der Waals surface area contributed by atoms with Gasteiger partial charge in [0.25, 0.3) is 5.91 Å². The summed E-state index contributed by atoms with van der Waals surface area (Å²) in [5.74, 6) is -10.7. The number of hydrogen-bond acceptors (Lipinski definition) is 10. The number of urea groups is 1. The molecule has 0 radical (unpaired) electrons. The van der Waals surface area contributed by atoms with Crippen molar-refractivity contribution in [2.75, 3.05) is 10.6 Å². The van der Waals surface area contributed by atoms with Crippen LogP contribution in [-0.2, 0) is 19.1 Å². The highest BCUT2D eigenvalue weighted by Gasteiger charge is 2.60. The SMILES string of the molecule is CCC(=O)O[C@@H]1C2C(C(=O)C(C(N)=O)=C(O)[C@H]2N)C(O)=C2C(=O)c3c(ccc(NC(=O)Nc4cccc5ccccc45)c3O)[C@H](C)C21. The van der Waals surface area contributed by atoms with Crippen LogP contribution in [0.3, 0.4) is 0 Å². The number of esters is 1. The van der Waals surface area contributed by atoms with Crippen molar-refractivity contribution in [2.45, 2.75) is 38.3 Å². The molecule has 0 saturated heterocycles. The minimum Gasteiger partial charge on any atom is -0.511 e. The van der Waals surface area contributed by atoms with E-state index in [1.165, 1.54) is 12.1 Å². The lowest BCUT2D eigenvalue weighted by molar-refractivity contribution is -0.160. The fraction of sp³-hybridized carbons (Fsp3) is 0.265. The maximum atomic E-state index is 14.2. The van der Waals surface area contributed by atoms with Crippen molar-refractivity contribution in [2.24, 2.45) is 29.2 Å². The third kappa shape index (κ3) is 4.86. The molecule has 13 heteroatoms. The molecule has 0 aromatic heterocycles. The number of aliphatic hydroxyl groups excluding tert-OH is 2. The van der Waals surface area contributed by atoms with Crippen LogP contribution < -0.4 is 22.1 Å². The second-order valence-electron chi connectivity index (χ2n) is 11.9. The largest absolute Gasteiger partial charge is 0.511 e. The average Bonchev–Trinajstić information content (AvgIpc) is 3.03. The highest BCUT2D eigenvalue weighted by atomic mass is 16.5. The van der Waals surface area contributed by atoms with E-state index in [-0.39, 0.29) is 23.2 Å². The Morgan fingerprint density at radius 1 is 0.915 bits per heavy atom. The first-order valence-electron chi connectivity index (χ1n) is 15.0. The van der Waals surface area contributed by atoms with Gasteiger partial charge in [-0.2, -0.15) is 0 Å². The monoisotopic (exact) mass is 640 g/mol. The Morgan fingerprint density at radius 2 is 1.60 bits per heavy atom. The van der Waals surface area contributed by atoms with Gasteiger partial charge in [-0.3, -0.25) is 19.2 Å². The number of hydrogen-bond donors (Lipinski definition) is 7. The predicted molar refractivity (Wildman–Crippen MR) is 170 cm³/mol. The quantitative estimate of drug-likeness (QED) is 0.121. The molecule has 3 aliphatic carbocycles. The van der Waals surface area contributed by atoms with E-state index in [1.54, 1.807) is 26.0 Å². The number of carbonyl (C=O) groups excluding carboxylic acids is 5. The molecule has 6 atom stereocenters. The van der Waals surface area contributed by atoms with Crippen molar-refractivity contribution < 1.29 is 44.0 Å². The molecule has 0 bridgehead atoms. The van der Waals surface area contributed by atoms with Crippen LogP contribution in [0, 0.1) is 17.8 Å². The smallest absolute Gasteiger partial charge is 0.323 e. The summed E-state index contributed by atoms with van der Waals surface area (Å²) in [5.41, 5.74) is 11.0. The van der Waals surface area contributed by atoms with Crippen LogP contribution in [0.2, 0.25) is 0 Å². The van der Waals surface area contributed by atoms with Crippen molar-refractivity contribution >= 4 is 51.6 Å². The molecule has 3 aliphatic rings. The number of carbonyl (C=O) groups is 5. The van der Waals surface area contributed by atoms with E-state index in [9.17, 15) is 39.3 Å². The van der Waals surface area contributed by atoms with E-state index in [4.69, 9.17) is 16.2 Å². The van der Waals surface area contributed by atoms with E-state index in [1.807, 2.05) is 30.3 Å². The number of amides is 3. The molecular formula is C34H32N4O9. The Labute approximate surface area is 267 Å². The van der Waals surface area contributed by atoms with Crippen LogP contribution in [0.25, 0.3) is 10.8 Å². The molecule has 0 saturated carbocycles. The molecule has 9 N–H and O–H groups in total. The van der Waals surface area contributed by atoms with Gasteiger partial charge in [-0.25, -0.2) is 4.79 Å². The molecule has 47 heavy (non-hydrogen) atoms. The number of allylic oxidation sites excluding steroid dienone is 1. The number of aliphatic hydroxyl groups is 2. The molecule has 0 fully saturated rings. The van der Waals surface area contributed by atoms with Gasteiger partial charge in [0, 0.05) is 29.2 Å². The first kappa shape index (κ1) is 31.3. The number of aromatic hydroxyl groups is 1. The number of benzene rings is 3. The normalized spacial score (nSPS) is 25.1. The highest BCUT2D eigenvalue weighted by Crippen LogP contribution is 2.55. The summed E-state index contributed by atoms with van der Waals surface area (Å²) in [6.45, 7) is 3.22. The van der Waals surface area contributed by atoms with E-state index in [0.717, 1.165) is 10.8 Å². The molecule has 0 heterocycles. The molecule has 6 rings (SSSR count). The van der Waals surface area contributed by atoms with Crippen molar-refractivity contribution in [1.82, 2.24) is 0 Å². The highest BCUT2D eigenvalue weighted by molar-refractivity contribution is 6.22. The minimum absolute atomic E-state index is 0.0707. The topological polar surface area (TPSA) is 231 Å². The van der Waals surface area contributed by atoms with Gasteiger partial charge in [0.15, 0.2) is 17.3 Å². The molecule has 0 spiro atoms. The molecule has 3 aromatic rings. The summed E-state index contributed by atoms with van der Waals surface area (Å²) in [4.78, 5) is 65.6. The first-order valence-corrected chi connectivity index (χ1v) is 15.0. The molecule has 3 amide bonds. The van der Waals surface area contributed by atoms with Crippen molar-refractivity contribution in [3.8, 4) is 5.75 Å². The zero-order chi connectivity index (χ0) is 33.9. The molecule has 3 unspecified atom stereocenters. The van der Waals surface area contributed by atoms with Crippen LogP contribution >= 0.6 is 0 Å². The van der Waals surface area contributed by atoms with E-state index < -0.39 is 88.1 Å². The zero-order valence-corrected chi connectivity index (χ0v) is 25.3. The number of Topliss-reactive ketones (excluding diaryl/α,β-unsaturated/α-hetero) is 2. The Kier molecular flexibility index (Phi) is 7.72. The number of phenols is 1. The van der Waals surface area contributed by atoms with Crippen molar-refractivity contribution in [3.63, 3.8) is 0 Å². The number of rotatable bonds is 5. The number of ether oxygens (including phenoxy) is 1. The Hall–Kier alpha value is -5.69. The maximum absolute atomic E-state index is 14.2. The molecule has 13 nitrogen and oxygen atoms in total. The second-order valence-corrected chi connectivity index (χ2v) is 11.9. The van der Waals surface area contributed by atoms with Crippen molar-refractivity contribution in [3.05, 3.63) is 88.4 Å². The lowest BCUT2D eigenvalue weighted by Gasteiger charge is -2.49. The third-order valence-corrected chi connectivity index (χ3v) is 9.34. The molecule has 3 aromatic carbocycles. The van der Waals surface area contributed by atoms with Gasteiger partial charge in [-0.15, -0.1) is 0 Å². The minimum atomic E-state index is -1.66. The van der Waals surface area contributed by atoms with Crippen LogP contribution in [0.1, 0.15) is 42.1 Å². The Bertz CT molecular complexity index is 1960. The van der Waals surface area contributed by atoms with Gasteiger partial charge < -0.3 is 42.2 Å². The maximum Gasteiger partial charge on any atom is 0.323 e. The number of phenolic OH excluding ortho intramolecular Hbond substituents is 1. The Morgan fingerprint density at radius 3 is 2.30 bits per heavy atom. The van der Waals surface area contributed by atoms with Gasteiger partial charge in [0.05, 0.1) is 28.9 Å². The zero-order valence-electron chi connectivity index (χ0n) is 25.3. The van der Waals surface area contributed by atoms with Gasteiger partial charge in [-0.05, 0) is 29.0 Å². The van der Waals surface area contributed by atoms with Crippen LogP contribution in [0.15, 0.2) is 77.3 Å². The molecule has 242 valence electrons. The summed E-state index contributed by atoms with van der Waals surface area (Å²) in [5, 5.41) is 40.7. The second kappa shape index (κ2) is 11.6. The van der Waals surface area contributed by atoms with E-state index in [2.05, 4.69) is 10.6 Å². The van der Waals surface area contributed by atoms with Gasteiger partial charge >= 0.3 is 12.0 Å². The third-order valence-electron chi connectivity index (χ3n) is 9.34. The molecule has 0 aliphatic heterocycles. The first-order chi connectivity index (χ1) is 22.4. The summed E-state index contributed by atoms with van der Waals surface area (Å²) in [6.07, 6.45) is -1.37. The summed E-state index contributed by atoms with van der Waals surface area (Å²) in [6, 6.07) is 13.6. The lowest BCUT2D eigenvalue weighted by Crippen LogP contribution is -2.59. The van der Waals surface area contributed by atoms with Gasteiger partial charge in [0.2, 0.25) is 0 Å².